The lowest BCUT2D eigenvalue weighted by Crippen LogP contribution is -2.55. The van der Waals surface area contributed by atoms with Crippen molar-refractivity contribution in [3.63, 3.8) is 0 Å². The second-order valence-corrected chi connectivity index (χ2v) is 5.06. The number of hydrogen-bond acceptors (Lipinski definition) is 2. The topological polar surface area (TPSA) is 15.3 Å². The smallest absolute Gasteiger partial charge is 0.103 e. The first-order valence-corrected chi connectivity index (χ1v) is 6.95. The molecule has 0 aromatic heterocycles. The van der Waals surface area contributed by atoms with Crippen molar-refractivity contribution in [1.82, 2.24) is 5.32 Å². The van der Waals surface area contributed by atoms with Crippen molar-refractivity contribution in [3.05, 3.63) is 30.3 Å². The Bertz CT molecular complexity index is 328. The Morgan fingerprint density at radius 1 is 1.35 bits per heavy atom. The van der Waals surface area contributed by atoms with Crippen LogP contribution >= 0.6 is 11.6 Å². The molecule has 1 aliphatic rings. The van der Waals surface area contributed by atoms with Crippen LogP contribution in [0.3, 0.4) is 0 Å². The average Bonchev–Trinajstić information content (AvgIpc) is 2.38. The van der Waals surface area contributed by atoms with Gasteiger partial charge in [0.25, 0.3) is 0 Å². The third-order valence-corrected chi connectivity index (χ3v) is 3.82. The van der Waals surface area contributed by atoms with E-state index in [4.69, 9.17) is 11.6 Å². The molecule has 94 valence electrons. The fourth-order valence-corrected chi connectivity index (χ4v) is 2.81. The van der Waals surface area contributed by atoms with E-state index in [9.17, 15) is 0 Å². The zero-order valence-corrected chi connectivity index (χ0v) is 11.2. The minimum absolute atomic E-state index is 0.0653. The first-order valence-electron chi connectivity index (χ1n) is 6.52. The van der Waals surface area contributed by atoms with Gasteiger partial charge in [0.1, 0.15) is 5.50 Å². The molecule has 1 N–H and O–H groups in total. The summed E-state index contributed by atoms with van der Waals surface area (Å²) in [5.74, 6) is 0. The molecule has 1 aromatic carbocycles. The van der Waals surface area contributed by atoms with Crippen molar-refractivity contribution in [2.24, 2.45) is 0 Å². The molecule has 0 aliphatic carbocycles. The van der Waals surface area contributed by atoms with Gasteiger partial charge < -0.3 is 4.90 Å². The first kappa shape index (κ1) is 12.7. The molecule has 1 fully saturated rings. The van der Waals surface area contributed by atoms with Gasteiger partial charge in [-0.15, -0.1) is 11.6 Å². The highest BCUT2D eigenvalue weighted by atomic mass is 35.5. The van der Waals surface area contributed by atoms with Gasteiger partial charge >= 0.3 is 0 Å². The molecule has 1 saturated heterocycles. The van der Waals surface area contributed by atoms with E-state index in [0.717, 1.165) is 19.5 Å². The largest absolute Gasteiger partial charge is 0.364 e. The van der Waals surface area contributed by atoms with Crippen molar-refractivity contribution >= 4 is 17.3 Å². The molecule has 2 unspecified atom stereocenters. The standard InChI is InChI=1S/C14H21ClN2/c1-2-3-9-13-14(15)16-10-11-17(13)12-7-5-4-6-8-12/h4-8,13-14,16H,2-3,9-11H2,1H3. The molecule has 0 spiro atoms. The summed E-state index contributed by atoms with van der Waals surface area (Å²) in [5.41, 5.74) is 1.36. The number of piperazine rings is 1. The molecule has 0 amide bonds. The maximum absolute atomic E-state index is 6.41. The molecule has 2 rings (SSSR count). The van der Waals surface area contributed by atoms with Crippen LogP contribution in [0.2, 0.25) is 0 Å². The average molecular weight is 253 g/mol. The van der Waals surface area contributed by atoms with Crippen molar-refractivity contribution in [2.75, 3.05) is 18.0 Å². The number of unbranched alkanes of at least 4 members (excludes halogenated alkanes) is 1. The molecule has 2 atom stereocenters. The summed E-state index contributed by atoms with van der Waals surface area (Å²) in [4.78, 5) is 2.45. The van der Waals surface area contributed by atoms with E-state index in [-0.39, 0.29) is 5.50 Å². The Hall–Kier alpha value is -0.730. The van der Waals surface area contributed by atoms with Gasteiger partial charge in [0.15, 0.2) is 0 Å². The summed E-state index contributed by atoms with van der Waals surface area (Å²) >= 11 is 6.41. The van der Waals surface area contributed by atoms with Crippen molar-refractivity contribution < 1.29 is 0 Å². The number of hydrogen-bond donors (Lipinski definition) is 1. The zero-order valence-electron chi connectivity index (χ0n) is 10.4. The number of alkyl halides is 1. The highest BCUT2D eigenvalue weighted by Crippen LogP contribution is 2.25. The summed E-state index contributed by atoms with van der Waals surface area (Å²) in [6, 6.07) is 11.0. The summed E-state index contributed by atoms with van der Waals surface area (Å²) in [5, 5.41) is 3.36. The minimum Gasteiger partial charge on any atom is -0.364 e. The second kappa shape index (κ2) is 6.27. The van der Waals surface area contributed by atoms with Crippen LogP contribution in [0.25, 0.3) is 0 Å². The Morgan fingerprint density at radius 2 is 2.12 bits per heavy atom. The number of rotatable bonds is 4. The van der Waals surface area contributed by atoms with Crippen LogP contribution in [-0.2, 0) is 0 Å². The fraction of sp³-hybridized carbons (Fsp3) is 0.571. The van der Waals surface area contributed by atoms with Crippen molar-refractivity contribution in [3.8, 4) is 0 Å². The van der Waals surface area contributed by atoms with E-state index in [1.54, 1.807) is 0 Å². The van der Waals surface area contributed by atoms with E-state index in [2.05, 4.69) is 47.5 Å². The lowest BCUT2D eigenvalue weighted by atomic mass is 10.0. The molecular formula is C14H21ClN2. The highest BCUT2D eigenvalue weighted by molar-refractivity contribution is 6.21. The highest BCUT2D eigenvalue weighted by Gasteiger charge is 2.29. The fourth-order valence-electron chi connectivity index (χ4n) is 2.44. The molecule has 17 heavy (non-hydrogen) atoms. The molecule has 1 heterocycles. The number of nitrogens with zero attached hydrogens (tertiary/aromatic N) is 1. The van der Waals surface area contributed by atoms with Crippen LogP contribution in [0.4, 0.5) is 5.69 Å². The minimum atomic E-state index is 0.0653. The maximum Gasteiger partial charge on any atom is 0.103 e. The first-order chi connectivity index (χ1) is 8.33. The van der Waals surface area contributed by atoms with E-state index < -0.39 is 0 Å². The second-order valence-electron chi connectivity index (χ2n) is 4.59. The quantitative estimate of drug-likeness (QED) is 0.654. The predicted octanol–water partition coefficient (Wildman–Crippen LogP) is 3.22. The molecule has 1 aromatic rings. The summed E-state index contributed by atoms with van der Waals surface area (Å²) in [6.45, 7) is 4.24. The monoisotopic (exact) mass is 252 g/mol. The van der Waals surface area contributed by atoms with Gasteiger partial charge in [0, 0.05) is 18.8 Å². The molecule has 0 radical (unpaired) electrons. The molecule has 1 aliphatic heterocycles. The third kappa shape index (κ3) is 3.14. The van der Waals surface area contributed by atoms with Crippen molar-refractivity contribution in [2.45, 2.75) is 37.7 Å². The lowest BCUT2D eigenvalue weighted by Gasteiger charge is -2.41. The molecule has 3 heteroatoms. The van der Waals surface area contributed by atoms with Gasteiger partial charge in [0.2, 0.25) is 0 Å². The van der Waals surface area contributed by atoms with Gasteiger partial charge in [-0.1, -0.05) is 38.0 Å². The van der Waals surface area contributed by atoms with Gasteiger partial charge in [-0.25, -0.2) is 0 Å². The number of halogens is 1. The van der Waals surface area contributed by atoms with Gasteiger partial charge in [-0.05, 0) is 18.6 Å². The zero-order chi connectivity index (χ0) is 12.1. The van der Waals surface area contributed by atoms with E-state index in [1.165, 1.54) is 18.5 Å². The molecular weight excluding hydrogens is 232 g/mol. The molecule has 2 nitrogen and oxygen atoms in total. The normalized spacial score (nSPS) is 24.9. The van der Waals surface area contributed by atoms with E-state index in [1.807, 2.05) is 0 Å². The van der Waals surface area contributed by atoms with Gasteiger partial charge in [-0.3, -0.25) is 5.32 Å². The Labute approximate surface area is 109 Å². The number of nitrogens with one attached hydrogen (secondary N) is 1. The maximum atomic E-state index is 6.41. The molecule has 0 bridgehead atoms. The van der Waals surface area contributed by atoms with Crippen LogP contribution in [0.1, 0.15) is 26.2 Å². The number of benzene rings is 1. The Morgan fingerprint density at radius 3 is 2.82 bits per heavy atom. The predicted molar refractivity (Wildman–Crippen MR) is 74.7 cm³/mol. The third-order valence-electron chi connectivity index (χ3n) is 3.37. The number of para-hydroxylation sites is 1. The van der Waals surface area contributed by atoms with Crippen LogP contribution in [-0.4, -0.2) is 24.6 Å². The SMILES string of the molecule is CCCCC1C(Cl)NCCN1c1ccccc1. The van der Waals surface area contributed by atoms with Crippen LogP contribution in [0.5, 0.6) is 0 Å². The van der Waals surface area contributed by atoms with Crippen LogP contribution in [0.15, 0.2) is 30.3 Å². The lowest BCUT2D eigenvalue weighted by molar-refractivity contribution is 0.413. The van der Waals surface area contributed by atoms with Crippen LogP contribution in [0, 0.1) is 0 Å². The van der Waals surface area contributed by atoms with E-state index >= 15 is 0 Å². The summed E-state index contributed by atoms with van der Waals surface area (Å²) < 4.78 is 0. The van der Waals surface area contributed by atoms with Crippen LogP contribution < -0.4 is 10.2 Å². The summed E-state index contributed by atoms with van der Waals surface area (Å²) in [7, 11) is 0. The van der Waals surface area contributed by atoms with E-state index in [0.29, 0.717) is 6.04 Å². The number of anilines is 1. The summed E-state index contributed by atoms with van der Waals surface area (Å²) in [6.07, 6.45) is 3.62. The van der Waals surface area contributed by atoms with Gasteiger partial charge in [-0.2, -0.15) is 0 Å². The Kier molecular flexibility index (Phi) is 4.69. The van der Waals surface area contributed by atoms with Crippen molar-refractivity contribution in [1.29, 1.82) is 0 Å². The molecule has 0 saturated carbocycles. The van der Waals surface area contributed by atoms with Gasteiger partial charge in [0.05, 0.1) is 6.04 Å². The Balaban J connectivity index is 2.11.